The number of benzene rings is 1. The Kier molecular flexibility index (Phi) is 4.26. The summed E-state index contributed by atoms with van der Waals surface area (Å²) in [7, 11) is 0. The van der Waals surface area contributed by atoms with Crippen molar-refractivity contribution in [2.45, 2.75) is 6.54 Å². The Balaban J connectivity index is 2.02. The first-order valence-corrected chi connectivity index (χ1v) is 6.49. The second-order valence-corrected chi connectivity index (χ2v) is 5.12. The molecule has 17 heavy (non-hydrogen) atoms. The number of anilines is 1. The molecule has 0 radical (unpaired) electrons. The van der Waals surface area contributed by atoms with Gasteiger partial charge in [0.2, 0.25) is 0 Å². The Hall–Kier alpha value is -0.770. The highest BCUT2D eigenvalue weighted by atomic mass is 79.9. The first kappa shape index (κ1) is 12.7. The minimum absolute atomic E-state index is 0.491. The molecule has 0 fully saturated rings. The Morgan fingerprint density at radius 1 is 1.18 bits per heavy atom. The van der Waals surface area contributed by atoms with Crippen molar-refractivity contribution < 1.29 is 0 Å². The molecule has 5 heteroatoms. The zero-order valence-electron chi connectivity index (χ0n) is 8.75. The van der Waals surface area contributed by atoms with Crippen LogP contribution in [0.2, 0.25) is 10.2 Å². The molecule has 0 aliphatic heterocycles. The standard InChI is InChI=1S/C12H9BrCl2N2/c13-10-5-8(1-3-11(10)14)6-16-9-2-4-12(15)17-7-9/h1-5,7,16H,6H2. The van der Waals surface area contributed by atoms with Gasteiger partial charge in [0, 0.05) is 11.0 Å². The van der Waals surface area contributed by atoms with Crippen molar-refractivity contribution >= 4 is 44.8 Å². The van der Waals surface area contributed by atoms with Crippen LogP contribution in [0.5, 0.6) is 0 Å². The van der Waals surface area contributed by atoms with Crippen molar-refractivity contribution in [3.63, 3.8) is 0 Å². The van der Waals surface area contributed by atoms with Gasteiger partial charge in [-0.15, -0.1) is 0 Å². The van der Waals surface area contributed by atoms with E-state index in [9.17, 15) is 0 Å². The maximum absolute atomic E-state index is 5.92. The number of pyridine rings is 1. The van der Waals surface area contributed by atoms with E-state index in [2.05, 4.69) is 26.2 Å². The lowest BCUT2D eigenvalue weighted by atomic mass is 10.2. The Morgan fingerprint density at radius 2 is 2.00 bits per heavy atom. The fourth-order valence-corrected chi connectivity index (χ4v) is 1.99. The maximum atomic E-state index is 5.92. The molecular weight excluding hydrogens is 323 g/mol. The molecule has 2 aromatic rings. The Bertz CT molecular complexity index is 514. The third kappa shape index (κ3) is 3.60. The number of aromatic nitrogens is 1. The van der Waals surface area contributed by atoms with Crippen LogP contribution in [-0.2, 0) is 6.54 Å². The topological polar surface area (TPSA) is 24.9 Å². The van der Waals surface area contributed by atoms with Crippen LogP contribution in [0, 0.1) is 0 Å². The summed E-state index contributed by atoms with van der Waals surface area (Å²) in [6, 6.07) is 9.47. The molecule has 0 saturated heterocycles. The second-order valence-electron chi connectivity index (χ2n) is 3.47. The molecule has 88 valence electrons. The van der Waals surface area contributed by atoms with Gasteiger partial charge in [0.1, 0.15) is 5.15 Å². The molecule has 1 N–H and O–H groups in total. The molecular formula is C12H9BrCl2N2. The fourth-order valence-electron chi connectivity index (χ4n) is 1.33. The number of hydrogen-bond acceptors (Lipinski definition) is 2. The number of nitrogens with one attached hydrogen (secondary N) is 1. The average Bonchev–Trinajstić information content (AvgIpc) is 2.33. The van der Waals surface area contributed by atoms with E-state index in [0.717, 1.165) is 15.7 Å². The molecule has 0 unspecified atom stereocenters. The molecule has 1 heterocycles. The van der Waals surface area contributed by atoms with Crippen LogP contribution in [-0.4, -0.2) is 4.98 Å². The van der Waals surface area contributed by atoms with Crippen molar-refractivity contribution in [2.24, 2.45) is 0 Å². The minimum atomic E-state index is 0.491. The molecule has 2 rings (SSSR count). The van der Waals surface area contributed by atoms with Gasteiger partial charge in [0.25, 0.3) is 0 Å². The number of nitrogens with zero attached hydrogens (tertiary/aromatic N) is 1. The minimum Gasteiger partial charge on any atom is -0.380 e. The van der Waals surface area contributed by atoms with Crippen LogP contribution in [0.15, 0.2) is 41.0 Å². The van der Waals surface area contributed by atoms with E-state index >= 15 is 0 Å². The SMILES string of the molecule is Clc1ccc(NCc2ccc(Cl)c(Br)c2)cn1. The first-order valence-electron chi connectivity index (χ1n) is 4.94. The predicted octanol–water partition coefficient (Wildman–Crippen LogP) is 4.76. The highest BCUT2D eigenvalue weighted by Crippen LogP contribution is 2.23. The smallest absolute Gasteiger partial charge is 0.129 e. The van der Waals surface area contributed by atoms with Crippen molar-refractivity contribution in [3.05, 3.63) is 56.7 Å². The van der Waals surface area contributed by atoms with Crippen LogP contribution in [0.4, 0.5) is 5.69 Å². The van der Waals surface area contributed by atoms with Gasteiger partial charge < -0.3 is 5.32 Å². The van der Waals surface area contributed by atoms with Crippen molar-refractivity contribution in [1.29, 1.82) is 0 Å². The van der Waals surface area contributed by atoms with Gasteiger partial charge >= 0.3 is 0 Å². The monoisotopic (exact) mass is 330 g/mol. The first-order chi connectivity index (χ1) is 8.15. The highest BCUT2D eigenvalue weighted by molar-refractivity contribution is 9.10. The summed E-state index contributed by atoms with van der Waals surface area (Å²) in [5.41, 5.74) is 2.07. The van der Waals surface area contributed by atoms with Crippen molar-refractivity contribution in [1.82, 2.24) is 4.98 Å². The summed E-state index contributed by atoms with van der Waals surface area (Å²) < 4.78 is 0.896. The molecule has 1 aromatic carbocycles. The van der Waals surface area contributed by atoms with E-state index < -0.39 is 0 Å². The average molecular weight is 332 g/mol. The van der Waals surface area contributed by atoms with Gasteiger partial charge in [0.05, 0.1) is 16.9 Å². The van der Waals surface area contributed by atoms with Crippen LogP contribution < -0.4 is 5.32 Å². The van der Waals surface area contributed by atoms with Gasteiger partial charge in [-0.1, -0.05) is 29.3 Å². The summed E-state index contributed by atoms with van der Waals surface area (Å²) in [4.78, 5) is 4.00. The summed E-state index contributed by atoms with van der Waals surface area (Å²) >= 11 is 15.0. The van der Waals surface area contributed by atoms with E-state index in [0.29, 0.717) is 16.7 Å². The number of hydrogen-bond donors (Lipinski definition) is 1. The predicted molar refractivity (Wildman–Crippen MR) is 75.7 cm³/mol. The highest BCUT2D eigenvalue weighted by Gasteiger charge is 1.99. The molecule has 0 bridgehead atoms. The third-order valence-electron chi connectivity index (χ3n) is 2.21. The van der Waals surface area contributed by atoms with E-state index in [1.54, 1.807) is 12.3 Å². The van der Waals surface area contributed by atoms with E-state index in [1.165, 1.54) is 0 Å². The van der Waals surface area contributed by atoms with Crippen LogP contribution in [0.1, 0.15) is 5.56 Å². The van der Waals surface area contributed by atoms with E-state index in [1.807, 2.05) is 24.3 Å². The summed E-state index contributed by atoms with van der Waals surface area (Å²) in [5, 5.41) is 4.45. The normalized spacial score (nSPS) is 10.3. The van der Waals surface area contributed by atoms with E-state index in [4.69, 9.17) is 23.2 Å². The zero-order chi connectivity index (χ0) is 12.3. The molecule has 0 aliphatic carbocycles. The molecule has 0 atom stereocenters. The largest absolute Gasteiger partial charge is 0.380 e. The van der Waals surface area contributed by atoms with E-state index in [-0.39, 0.29) is 0 Å². The number of halogens is 3. The lowest BCUT2D eigenvalue weighted by Gasteiger charge is -2.07. The van der Waals surface area contributed by atoms with Gasteiger partial charge in [0.15, 0.2) is 0 Å². The lowest BCUT2D eigenvalue weighted by Crippen LogP contribution is -1.99. The fraction of sp³-hybridized carbons (Fsp3) is 0.0833. The molecule has 0 saturated carbocycles. The van der Waals surface area contributed by atoms with Gasteiger partial charge in [-0.3, -0.25) is 0 Å². The lowest BCUT2D eigenvalue weighted by molar-refractivity contribution is 1.13. The maximum Gasteiger partial charge on any atom is 0.129 e. The van der Waals surface area contributed by atoms with Crippen LogP contribution in [0.3, 0.4) is 0 Å². The van der Waals surface area contributed by atoms with Crippen molar-refractivity contribution in [3.8, 4) is 0 Å². The Morgan fingerprint density at radius 3 is 2.65 bits per heavy atom. The van der Waals surface area contributed by atoms with Crippen LogP contribution in [0.25, 0.3) is 0 Å². The molecule has 0 amide bonds. The van der Waals surface area contributed by atoms with Crippen molar-refractivity contribution in [2.75, 3.05) is 5.32 Å². The van der Waals surface area contributed by atoms with Gasteiger partial charge in [-0.25, -0.2) is 4.98 Å². The molecule has 0 aliphatic rings. The summed E-state index contributed by atoms with van der Waals surface area (Å²) in [6.45, 7) is 0.707. The Labute approximate surface area is 118 Å². The van der Waals surface area contributed by atoms with Gasteiger partial charge in [-0.05, 0) is 45.8 Å². The molecule has 1 aromatic heterocycles. The second kappa shape index (κ2) is 5.71. The zero-order valence-corrected chi connectivity index (χ0v) is 11.9. The summed E-state index contributed by atoms with van der Waals surface area (Å²) in [5.74, 6) is 0. The number of rotatable bonds is 3. The molecule has 0 spiro atoms. The molecule has 2 nitrogen and oxygen atoms in total. The van der Waals surface area contributed by atoms with Gasteiger partial charge in [-0.2, -0.15) is 0 Å². The third-order valence-corrected chi connectivity index (χ3v) is 3.65. The quantitative estimate of drug-likeness (QED) is 0.820. The van der Waals surface area contributed by atoms with Crippen LogP contribution >= 0.6 is 39.1 Å². The summed E-state index contributed by atoms with van der Waals surface area (Å²) in [6.07, 6.45) is 1.70.